The molecule has 2 rings (SSSR count). The summed E-state index contributed by atoms with van der Waals surface area (Å²) >= 11 is 0. The van der Waals surface area contributed by atoms with E-state index in [1.54, 1.807) is 23.1 Å². The van der Waals surface area contributed by atoms with Crippen LogP contribution < -0.4 is 10.2 Å². The maximum absolute atomic E-state index is 12.0. The van der Waals surface area contributed by atoms with Gasteiger partial charge >= 0.3 is 0 Å². The lowest BCUT2D eigenvalue weighted by molar-refractivity contribution is -0.119. The van der Waals surface area contributed by atoms with E-state index in [1.807, 2.05) is 20.8 Å². The zero-order valence-corrected chi connectivity index (χ0v) is 9.69. The number of carbonyl (C=O) groups is 1. The molecule has 1 aromatic carbocycles. The van der Waals surface area contributed by atoms with E-state index in [4.69, 9.17) is 0 Å². The summed E-state index contributed by atoms with van der Waals surface area (Å²) in [6, 6.07) is 4.87. The molecule has 1 aromatic rings. The third-order valence-electron chi connectivity index (χ3n) is 2.74. The van der Waals surface area contributed by atoms with Gasteiger partial charge in [0.25, 0.3) is 0 Å². The zero-order valence-electron chi connectivity index (χ0n) is 9.69. The van der Waals surface area contributed by atoms with Crippen molar-refractivity contribution in [3.8, 4) is 5.75 Å². The molecule has 1 unspecified atom stereocenters. The highest BCUT2D eigenvalue weighted by atomic mass is 16.3. The molecule has 1 heterocycles. The first-order valence-corrected chi connectivity index (χ1v) is 5.43. The Morgan fingerprint density at radius 3 is 2.75 bits per heavy atom. The van der Waals surface area contributed by atoms with Crippen LogP contribution >= 0.6 is 0 Å². The van der Waals surface area contributed by atoms with Crippen molar-refractivity contribution < 1.29 is 9.90 Å². The molecular weight excluding hydrogens is 204 g/mol. The molecule has 0 saturated carbocycles. The molecule has 0 spiro atoms. The SMILES string of the molecule is CC1Nc2cc(O)ccc2N(C(C)C)C1=O. The maximum atomic E-state index is 12.0. The first-order chi connectivity index (χ1) is 7.50. The van der Waals surface area contributed by atoms with Crippen molar-refractivity contribution in [2.24, 2.45) is 0 Å². The van der Waals surface area contributed by atoms with Gasteiger partial charge in [-0.1, -0.05) is 0 Å². The highest BCUT2D eigenvalue weighted by molar-refractivity contribution is 6.05. The van der Waals surface area contributed by atoms with Crippen molar-refractivity contribution in [2.45, 2.75) is 32.9 Å². The lowest BCUT2D eigenvalue weighted by Crippen LogP contribution is -2.48. The Balaban J connectivity index is 2.52. The number of benzene rings is 1. The molecule has 1 amide bonds. The second kappa shape index (κ2) is 3.70. The molecule has 0 aromatic heterocycles. The lowest BCUT2D eigenvalue weighted by Gasteiger charge is -2.36. The lowest BCUT2D eigenvalue weighted by atomic mass is 10.1. The molecule has 1 atom stereocenters. The molecule has 1 aliphatic heterocycles. The summed E-state index contributed by atoms with van der Waals surface area (Å²) in [5.41, 5.74) is 1.64. The summed E-state index contributed by atoms with van der Waals surface area (Å²) in [5, 5.41) is 12.5. The van der Waals surface area contributed by atoms with Crippen LogP contribution in [-0.2, 0) is 4.79 Å². The summed E-state index contributed by atoms with van der Waals surface area (Å²) in [7, 11) is 0. The average Bonchev–Trinajstić information content (AvgIpc) is 2.19. The van der Waals surface area contributed by atoms with Gasteiger partial charge in [-0.2, -0.15) is 0 Å². The topological polar surface area (TPSA) is 52.6 Å². The van der Waals surface area contributed by atoms with Crippen LogP contribution in [0, 0.1) is 0 Å². The number of hydrogen-bond acceptors (Lipinski definition) is 3. The van der Waals surface area contributed by atoms with Crippen molar-refractivity contribution in [1.29, 1.82) is 0 Å². The Hall–Kier alpha value is -1.71. The van der Waals surface area contributed by atoms with E-state index in [1.165, 1.54) is 0 Å². The standard InChI is InChI=1S/C12H16N2O2/c1-7(2)14-11-5-4-9(15)6-10(11)13-8(3)12(14)16/h4-8,13,15H,1-3H3. The molecule has 4 heteroatoms. The predicted molar refractivity (Wildman–Crippen MR) is 63.8 cm³/mol. The van der Waals surface area contributed by atoms with Crippen molar-refractivity contribution in [2.75, 3.05) is 10.2 Å². The number of carbonyl (C=O) groups excluding carboxylic acids is 1. The fourth-order valence-corrected chi connectivity index (χ4v) is 2.00. The van der Waals surface area contributed by atoms with Gasteiger partial charge in [0, 0.05) is 12.1 Å². The van der Waals surface area contributed by atoms with Crippen LogP contribution in [0.3, 0.4) is 0 Å². The van der Waals surface area contributed by atoms with Crippen LogP contribution in [0.15, 0.2) is 18.2 Å². The molecule has 16 heavy (non-hydrogen) atoms. The second-order valence-corrected chi connectivity index (χ2v) is 4.37. The smallest absolute Gasteiger partial charge is 0.249 e. The van der Waals surface area contributed by atoms with Gasteiger partial charge in [0.1, 0.15) is 11.8 Å². The van der Waals surface area contributed by atoms with Crippen LogP contribution in [0.1, 0.15) is 20.8 Å². The minimum atomic E-state index is -0.253. The molecule has 4 nitrogen and oxygen atoms in total. The predicted octanol–water partition coefficient (Wildman–Crippen LogP) is 1.95. The van der Waals surface area contributed by atoms with Gasteiger partial charge in [0.2, 0.25) is 5.91 Å². The highest BCUT2D eigenvalue weighted by Gasteiger charge is 2.31. The number of hydrogen-bond donors (Lipinski definition) is 2. The Morgan fingerprint density at radius 2 is 2.12 bits per heavy atom. The maximum Gasteiger partial charge on any atom is 0.249 e. The van der Waals surface area contributed by atoms with Gasteiger partial charge in [-0.15, -0.1) is 0 Å². The van der Waals surface area contributed by atoms with Gasteiger partial charge < -0.3 is 15.3 Å². The van der Waals surface area contributed by atoms with E-state index in [0.717, 1.165) is 11.4 Å². The summed E-state index contributed by atoms with van der Waals surface area (Å²) in [6.45, 7) is 5.78. The Kier molecular flexibility index (Phi) is 2.50. The summed E-state index contributed by atoms with van der Waals surface area (Å²) in [6.07, 6.45) is 0. The van der Waals surface area contributed by atoms with Crippen molar-refractivity contribution in [3.63, 3.8) is 0 Å². The molecular formula is C12H16N2O2. The number of nitrogens with one attached hydrogen (secondary N) is 1. The fourth-order valence-electron chi connectivity index (χ4n) is 2.00. The first kappa shape index (κ1) is 10.8. The minimum Gasteiger partial charge on any atom is -0.508 e. The van der Waals surface area contributed by atoms with Crippen LogP contribution in [0.25, 0.3) is 0 Å². The molecule has 0 aliphatic carbocycles. The number of phenols is 1. The number of aromatic hydroxyl groups is 1. The molecule has 1 aliphatic rings. The van der Waals surface area contributed by atoms with Crippen LogP contribution in [0.2, 0.25) is 0 Å². The van der Waals surface area contributed by atoms with Gasteiger partial charge in [0.15, 0.2) is 0 Å². The van der Waals surface area contributed by atoms with Gasteiger partial charge in [-0.05, 0) is 32.9 Å². The van der Waals surface area contributed by atoms with Crippen molar-refractivity contribution >= 4 is 17.3 Å². The summed E-state index contributed by atoms with van der Waals surface area (Å²) in [5.74, 6) is 0.268. The van der Waals surface area contributed by atoms with E-state index in [0.29, 0.717) is 0 Å². The number of phenolic OH excluding ortho intramolecular Hbond substituents is 1. The average molecular weight is 220 g/mol. The van der Waals surface area contributed by atoms with Gasteiger partial charge in [-0.3, -0.25) is 4.79 Å². The normalized spacial score (nSPS) is 19.6. The van der Waals surface area contributed by atoms with E-state index < -0.39 is 0 Å². The van der Waals surface area contributed by atoms with Crippen molar-refractivity contribution in [1.82, 2.24) is 0 Å². The fraction of sp³-hybridized carbons (Fsp3) is 0.417. The van der Waals surface area contributed by atoms with E-state index in [-0.39, 0.29) is 23.7 Å². The van der Waals surface area contributed by atoms with E-state index >= 15 is 0 Å². The quantitative estimate of drug-likeness (QED) is 0.760. The molecule has 2 N–H and O–H groups in total. The second-order valence-electron chi connectivity index (χ2n) is 4.37. The van der Waals surface area contributed by atoms with Crippen LogP contribution in [-0.4, -0.2) is 23.1 Å². The van der Waals surface area contributed by atoms with Crippen LogP contribution in [0.5, 0.6) is 5.75 Å². The molecule has 0 bridgehead atoms. The zero-order chi connectivity index (χ0) is 11.9. The number of anilines is 2. The van der Waals surface area contributed by atoms with E-state index in [2.05, 4.69) is 5.32 Å². The number of amides is 1. The molecule has 0 radical (unpaired) electrons. The third-order valence-corrected chi connectivity index (χ3v) is 2.74. The summed E-state index contributed by atoms with van der Waals surface area (Å²) < 4.78 is 0. The number of fused-ring (bicyclic) bond motifs is 1. The first-order valence-electron chi connectivity index (χ1n) is 5.43. The Labute approximate surface area is 94.9 Å². The van der Waals surface area contributed by atoms with Crippen LogP contribution in [0.4, 0.5) is 11.4 Å². The molecule has 0 fully saturated rings. The monoisotopic (exact) mass is 220 g/mol. The molecule has 86 valence electrons. The van der Waals surface area contributed by atoms with Gasteiger partial charge in [0.05, 0.1) is 11.4 Å². The minimum absolute atomic E-state index is 0.0631. The number of nitrogens with zero attached hydrogens (tertiary/aromatic N) is 1. The number of rotatable bonds is 1. The highest BCUT2D eigenvalue weighted by Crippen LogP contribution is 2.35. The Bertz CT molecular complexity index is 429. The van der Waals surface area contributed by atoms with E-state index in [9.17, 15) is 9.90 Å². The Morgan fingerprint density at radius 1 is 1.44 bits per heavy atom. The largest absolute Gasteiger partial charge is 0.508 e. The molecule has 0 saturated heterocycles. The third kappa shape index (κ3) is 1.60. The van der Waals surface area contributed by atoms with Gasteiger partial charge in [-0.25, -0.2) is 0 Å². The van der Waals surface area contributed by atoms with Crippen molar-refractivity contribution in [3.05, 3.63) is 18.2 Å². The summed E-state index contributed by atoms with van der Waals surface area (Å²) in [4.78, 5) is 13.8.